The maximum absolute atomic E-state index is 12.4. The highest BCUT2D eigenvalue weighted by molar-refractivity contribution is 14.0. The van der Waals surface area contributed by atoms with Gasteiger partial charge in [-0.05, 0) is 31.0 Å². The number of aliphatic imine (C=N–C) groups is 1. The number of hydrogen-bond donors (Lipinski definition) is 3. The van der Waals surface area contributed by atoms with Crippen molar-refractivity contribution in [1.29, 1.82) is 0 Å². The van der Waals surface area contributed by atoms with Gasteiger partial charge in [0.15, 0.2) is 5.96 Å². The fraction of sp³-hybridized carbons (Fsp3) is 0.417. The number of halogens is 1. The zero-order valence-corrected chi connectivity index (χ0v) is 21.3. The van der Waals surface area contributed by atoms with E-state index in [1.807, 2.05) is 30.0 Å². The van der Waals surface area contributed by atoms with Gasteiger partial charge in [0.2, 0.25) is 5.91 Å². The second-order valence-electron chi connectivity index (χ2n) is 7.79. The molecule has 2 heterocycles. The molecule has 9 heteroatoms. The van der Waals surface area contributed by atoms with Crippen LogP contribution in [-0.2, 0) is 11.2 Å². The molecule has 1 atom stereocenters. The molecule has 0 aliphatic carbocycles. The minimum absolute atomic E-state index is 0. The lowest BCUT2D eigenvalue weighted by Gasteiger charge is -2.16. The summed E-state index contributed by atoms with van der Waals surface area (Å²) >= 11 is 0. The highest BCUT2D eigenvalue weighted by atomic mass is 127. The van der Waals surface area contributed by atoms with Crippen LogP contribution in [0.5, 0.6) is 0 Å². The van der Waals surface area contributed by atoms with E-state index in [0.717, 1.165) is 26.1 Å². The van der Waals surface area contributed by atoms with E-state index in [-0.39, 0.29) is 41.7 Å². The Balaban J connectivity index is 0.00000385. The number of carbonyl (C=O) groups excluding carboxylic acids is 2. The van der Waals surface area contributed by atoms with Crippen LogP contribution in [0.25, 0.3) is 0 Å². The average Bonchev–Trinajstić information content (AvgIpc) is 3.19. The van der Waals surface area contributed by atoms with E-state index < -0.39 is 0 Å². The number of benzene rings is 1. The van der Waals surface area contributed by atoms with E-state index >= 15 is 0 Å². The van der Waals surface area contributed by atoms with Gasteiger partial charge < -0.3 is 20.9 Å². The number of aromatic nitrogens is 1. The Hall–Kier alpha value is -2.69. The summed E-state index contributed by atoms with van der Waals surface area (Å²) in [6.45, 7) is 5.84. The van der Waals surface area contributed by atoms with E-state index in [9.17, 15) is 9.59 Å². The Kier molecular flexibility index (Phi) is 11.6. The number of hydrogen-bond acceptors (Lipinski definition) is 4. The van der Waals surface area contributed by atoms with Crippen LogP contribution in [0.15, 0.2) is 59.9 Å². The van der Waals surface area contributed by atoms with Crippen LogP contribution < -0.4 is 16.0 Å². The van der Waals surface area contributed by atoms with Gasteiger partial charge in [0.25, 0.3) is 5.91 Å². The smallest absolute Gasteiger partial charge is 0.252 e. The molecule has 1 fully saturated rings. The summed E-state index contributed by atoms with van der Waals surface area (Å²) in [6, 6.07) is 13.7. The zero-order chi connectivity index (χ0) is 22.6. The first-order chi connectivity index (χ1) is 15.7. The summed E-state index contributed by atoms with van der Waals surface area (Å²) < 4.78 is 0. The summed E-state index contributed by atoms with van der Waals surface area (Å²) in [7, 11) is 0. The predicted molar refractivity (Wildman–Crippen MR) is 141 cm³/mol. The third kappa shape index (κ3) is 8.99. The van der Waals surface area contributed by atoms with Crippen LogP contribution in [0, 0.1) is 5.92 Å². The van der Waals surface area contributed by atoms with Crippen LogP contribution in [0.1, 0.15) is 29.3 Å². The first-order valence-electron chi connectivity index (χ1n) is 11.2. The second-order valence-corrected chi connectivity index (χ2v) is 7.79. The molecule has 178 valence electrons. The van der Waals surface area contributed by atoms with Crippen molar-refractivity contribution in [3.8, 4) is 0 Å². The Labute approximate surface area is 212 Å². The Morgan fingerprint density at radius 2 is 1.91 bits per heavy atom. The number of likely N-dealkylation sites (tertiary alicyclic amines) is 1. The maximum Gasteiger partial charge on any atom is 0.252 e. The van der Waals surface area contributed by atoms with Crippen molar-refractivity contribution in [2.24, 2.45) is 10.9 Å². The number of pyridine rings is 1. The predicted octanol–water partition coefficient (Wildman–Crippen LogP) is 2.08. The van der Waals surface area contributed by atoms with Gasteiger partial charge in [-0.2, -0.15) is 0 Å². The van der Waals surface area contributed by atoms with Gasteiger partial charge >= 0.3 is 0 Å². The molecule has 0 spiro atoms. The van der Waals surface area contributed by atoms with Crippen LogP contribution in [0.2, 0.25) is 0 Å². The van der Waals surface area contributed by atoms with E-state index in [0.29, 0.717) is 37.6 Å². The molecule has 33 heavy (non-hydrogen) atoms. The molecule has 2 amide bonds. The first kappa shape index (κ1) is 26.6. The SMILES string of the molecule is CCNC(=NCC1CC(=O)N(CCc2ccccc2)C1)NCCNC(=O)c1cccnc1.I. The van der Waals surface area contributed by atoms with Crippen LogP contribution in [-0.4, -0.2) is 66.9 Å². The lowest BCUT2D eigenvalue weighted by Crippen LogP contribution is -2.41. The van der Waals surface area contributed by atoms with Crippen molar-refractivity contribution in [3.63, 3.8) is 0 Å². The van der Waals surface area contributed by atoms with Crippen molar-refractivity contribution in [1.82, 2.24) is 25.8 Å². The van der Waals surface area contributed by atoms with Gasteiger partial charge in [-0.15, -0.1) is 24.0 Å². The molecule has 1 aliphatic heterocycles. The molecule has 2 aromatic rings. The topological polar surface area (TPSA) is 98.7 Å². The van der Waals surface area contributed by atoms with Crippen molar-refractivity contribution in [2.45, 2.75) is 19.8 Å². The quantitative estimate of drug-likeness (QED) is 0.178. The molecule has 0 bridgehead atoms. The molecule has 1 aliphatic rings. The highest BCUT2D eigenvalue weighted by Crippen LogP contribution is 2.18. The normalized spacial score (nSPS) is 15.7. The molecule has 0 saturated carbocycles. The highest BCUT2D eigenvalue weighted by Gasteiger charge is 2.29. The molecule has 1 saturated heterocycles. The number of nitrogens with zero attached hydrogens (tertiary/aromatic N) is 3. The number of nitrogens with one attached hydrogen (secondary N) is 3. The van der Waals surface area contributed by atoms with Crippen molar-refractivity contribution < 1.29 is 9.59 Å². The fourth-order valence-electron chi connectivity index (χ4n) is 3.62. The molecule has 1 unspecified atom stereocenters. The summed E-state index contributed by atoms with van der Waals surface area (Å²) in [4.78, 5) is 35.0. The molecule has 3 rings (SSSR count). The number of guanidine groups is 1. The van der Waals surface area contributed by atoms with Crippen LogP contribution in [0.4, 0.5) is 0 Å². The maximum atomic E-state index is 12.4. The van der Waals surface area contributed by atoms with Gasteiger partial charge in [0.1, 0.15) is 0 Å². The van der Waals surface area contributed by atoms with Gasteiger partial charge in [0, 0.05) is 64.0 Å². The van der Waals surface area contributed by atoms with E-state index in [4.69, 9.17) is 0 Å². The molecule has 8 nitrogen and oxygen atoms in total. The lowest BCUT2D eigenvalue weighted by molar-refractivity contribution is -0.127. The monoisotopic (exact) mass is 564 g/mol. The summed E-state index contributed by atoms with van der Waals surface area (Å²) in [5.74, 6) is 0.969. The minimum Gasteiger partial charge on any atom is -0.357 e. The fourth-order valence-corrected chi connectivity index (χ4v) is 3.62. The molecular formula is C24H33IN6O2. The third-order valence-electron chi connectivity index (χ3n) is 5.29. The summed E-state index contributed by atoms with van der Waals surface area (Å²) in [5, 5.41) is 9.30. The first-order valence-corrected chi connectivity index (χ1v) is 11.2. The molecule has 0 radical (unpaired) electrons. The Bertz CT molecular complexity index is 894. The largest absolute Gasteiger partial charge is 0.357 e. The third-order valence-corrected chi connectivity index (χ3v) is 5.29. The Morgan fingerprint density at radius 3 is 2.64 bits per heavy atom. The molecule has 1 aromatic heterocycles. The van der Waals surface area contributed by atoms with E-state index in [1.165, 1.54) is 5.56 Å². The van der Waals surface area contributed by atoms with Crippen molar-refractivity contribution in [3.05, 3.63) is 66.0 Å². The second kappa shape index (κ2) is 14.5. The Morgan fingerprint density at radius 1 is 1.12 bits per heavy atom. The van der Waals surface area contributed by atoms with Gasteiger partial charge in [-0.3, -0.25) is 19.6 Å². The van der Waals surface area contributed by atoms with Gasteiger partial charge in [-0.1, -0.05) is 30.3 Å². The van der Waals surface area contributed by atoms with E-state index in [1.54, 1.807) is 24.5 Å². The summed E-state index contributed by atoms with van der Waals surface area (Å²) in [6.07, 6.45) is 4.59. The average molecular weight is 564 g/mol. The van der Waals surface area contributed by atoms with Crippen LogP contribution in [0.3, 0.4) is 0 Å². The standard InChI is InChI=1S/C24H32N6O2.HI/c1-2-26-24(28-13-12-27-23(32)21-9-6-11-25-17-21)29-16-20-15-22(31)30(18-20)14-10-19-7-4-3-5-8-19;/h3-9,11,17,20H,2,10,12-16,18H2,1H3,(H,27,32)(H2,26,28,29);1H. The van der Waals surface area contributed by atoms with Crippen molar-refractivity contribution in [2.75, 3.05) is 39.3 Å². The lowest BCUT2D eigenvalue weighted by atomic mass is 10.1. The zero-order valence-electron chi connectivity index (χ0n) is 19.0. The number of rotatable bonds is 10. The summed E-state index contributed by atoms with van der Waals surface area (Å²) in [5.41, 5.74) is 1.78. The van der Waals surface area contributed by atoms with Crippen LogP contribution >= 0.6 is 24.0 Å². The van der Waals surface area contributed by atoms with Crippen molar-refractivity contribution >= 4 is 41.8 Å². The number of carbonyl (C=O) groups is 2. The van der Waals surface area contributed by atoms with E-state index in [2.05, 4.69) is 38.1 Å². The molecular weight excluding hydrogens is 531 g/mol. The molecule has 3 N–H and O–H groups in total. The van der Waals surface area contributed by atoms with Gasteiger partial charge in [0.05, 0.1) is 5.56 Å². The number of amides is 2. The molecule has 1 aromatic carbocycles. The minimum atomic E-state index is -0.151. The van der Waals surface area contributed by atoms with Gasteiger partial charge in [-0.25, -0.2) is 0 Å².